The predicted molar refractivity (Wildman–Crippen MR) is 46.3 cm³/mol. The molecule has 0 aromatic rings. The molecule has 0 aliphatic carbocycles. The Hall–Kier alpha value is 0.170. The first-order chi connectivity index (χ1) is 4.83. The van der Waals surface area contributed by atoms with Gasteiger partial charge in [0, 0.05) is 19.7 Å². The Balaban J connectivity index is 0.000001000. The summed E-state index contributed by atoms with van der Waals surface area (Å²) < 4.78 is 10.4. The lowest BCUT2D eigenvalue weighted by molar-refractivity contribution is -0.0330. The van der Waals surface area contributed by atoms with Crippen molar-refractivity contribution in [3.05, 3.63) is 0 Å². The number of hydrogen-bond donors (Lipinski definition) is 1. The van der Waals surface area contributed by atoms with Crippen LogP contribution in [0.3, 0.4) is 0 Å². The molecule has 0 bridgehead atoms. The summed E-state index contributed by atoms with van der Waals surface area (Å²) in [6, 6.07) is 0.494. The molecule has 1 fully saturated rings. The Morgan fingerprint density at radius 3 is 2.82 bits per heavy atom. The van der Waals surface area contributed by atoms with Crippen LogP contribution >= 0.6 is 12.4 Å². The van der Waals surface area contributed by atoms with Gasteiger partial charge in [-0.05, 0) is 6.92 Å². The number of hydrogen-bond acceptors (Lipinski definition) is 3. The topological polar surface area (TPSA) is 30.5 Å². The molecule has 1 N–H and O–H groups in total. The highest BCUT2D eigenvalue weighted by Gasteiger charge is 2.16. The van der Waals surface area contributed by atoms with Gasteiger partial charge in [-0.3, -0.25) is 0 Å². The maximum absolute atomic E-state index is 5.44. The molecule has 1 aliphatic heterocycles. The Morgan fingerprint density at radius 2 is 2.36 bits per heavy atom. The molecule has 0 aromatic heterocycles. The first-order valence-electron chi connectivity index (χ1n) is 3.67. The largest absolute Gasteiger partial charge is 0.382 e. The molecular weight excluding hydrogens is 166 g/mol. The van der Waals surface area contributed by atoms with Crippen LogP contribution in [-0.4, -0.2) is 39.0 Å². The van der Waals surface area contributed by atoms with Gasteiger partial charge in [-0.2, -0.15) is 0 Å². The Labute approximate surface area is 73.9 Å². The smallest absolute Gasteiger partial charge is 0.0933 e. The van der Waals surface area contributed by atoms with E-state index in [0.717, 1.165) is 13.2 Å². The molecule has 1 saturated heterocycles. The zero-order chi connectivity index (χ0) is 7.40. The van der Waals surface area contributed by atoms with Gasteiger partial charge in [0.25, 0.3) is 0 Å². The summed E-state index contributed by atoms with van der Waals surface area (Å²) in [5.74, 6) is 0. The summed E-state index contributed by atoms with van der Waals surface area (Å²) in [7, 11) is 1.70. The van der Waals surface area contributed by atoms with E-state index in [1.165, 1.54) is 0 Å². The lowest BCUT2D eigenvalue weighted by atomic mass is 10.2. The number of halogens is 1. The maximum atomic E-state index is 5.44. The summed E-state index contributed by atoms with van der Waals surface area (Å²) in [6.45, 7) is 4.52. The van der Waals surface area contributed by atoms with Crippen molar-refractivity contribution >= 4 is 12.4 Å². The van der Waals surface area contributed by atoms with Crippen LogP contribution < -0.4 is 5.32 Å². The van der Waals surface area contributed by atoms with Crippen LogP contribution in [0.25, 0.3) is 0 Å². The molecule has 0 amide bonds. The molecule has 4 heteroatoms. The molecular formula is C7H16ClNO2. The average molecular weight is 182 g/mol. The molecule has 1 rings (SSSR count). The Morgan fingerprint density at radius 1 is 1.64 bits per heavy atom. The second-order valence-corrected chi connectivity index (χ2v) is 2.72. The number of methoxy groups -OCH3 is 1. The highest BCUT2D eigenvalue weighted by atomic mass is 35.5. The molecule has 0 aromatic carbocycles. The highest BCUT2D eigenvalue weighted by Crippen LogP contribution is 1.99. The van der Waals surface area contributed by atoms with E-state index in [2.05, 4.69) is 12.2 Å². The number of nitrogens with one attached hydrogen (secondary N) is 1. The van der Waals surface area contributed by atoms with Crippen molar-refractivity contribution in [1.29, 1.82) is 0 Å². The molecule has 11 heavy (non-hydrogen) atoms. The van der Waals surface area contributed by atoms with E-state index in [0.29, 0.717) is 12.6 Å². The number of morpholine rings is 1. The van der Waals surface area contributed by atoms with E-state index in [1.807, 2.05) is 0 Å². The zero-order valence-corrected chi connectivity index (χ0v) is 7.82. The summed E-state index contributed by atoms with van der Waals surface area (Å²) in [4.78, 5) is 0. The van der Waals surface area contributed by atoms with Crippen molar-refractivity contribution in [1.82, 2.24) is 5.32 Å². The molecule has 0 spiro atoms. The van der Waals surface area contributed by atoms with E-state index < -0.39 is 0 Å². The summed E-state index contributed by atoms with van der Waals surface area (Å²) >= 11 is 0. The Kier molecular flexibility index (Phi) is 5.86. The monoisotopic (exact) mass is 181 g/mol. The molecule has 68 valence electrons. The maximum Gasteiger partial charge on any atom is 0.0933 e. The second kappa shape index (κ2) is 5.77. The quantitative estimate of drug-likeness (QED) is 0.671. The van der Waals surface area contributed by atoms with Crippen LogP contribution in [-0.2, 0) is 9.47 Å². The molecule has 1 heterocycles. The van der Waals surface area contributed by atoms with Crippen molar-refractivity contribution in [2.45, 2.75) is 19.1 Å². The fourth-order valence-corrected chi connectivity index (χ4v) is 1.02. The molecule has 0 saturated carbocycles. The fraction of sp³-hybridized carbons (Fsp3) is 1.00. The fourth-order valence-electron chi connectivity index (χ4n) is 1.02. The summed E-state index contributed by atoms with van der Waals surface area (Å²) in [5.41, 5.74) is 0. The van der Waals surface area contributed by atoms with Gasteiger partial charge in [0.15, 0.2) is 0 Å². The van der Waals surface area contributed by atoms with E-state index in [9.17, 15) is 0 Å². The van der Waals surface area contributed by atoms with Gasteiger partial charge in [0.05, 0.1) is 19.3 Å². The van der Waals surface area contributed by atoms with Crippen molar-refractivity contribution in [3.63, 3.8) is 0 Å². The van der Waals surface area contributed by atoms with Crippen molar-refractivity contribution in [2.75, 3.05) is 26.9 Å². The standard InChI is InChI=1S/C7H15NO2.ClH/c1-6-4-10-7(3-8-6)5-9-2;/h6-8H,3-5H2,1-2H3;1H/t6-,7-;/m1./s1. The lowest BCUT2D eigenvalue weighted by Gasteiger charge is -2.27. The van der Waals surface area contributed by atoms with Gasteiger partial charge in [-0.1, -0.05) is 0 Å². The van der Waals surface area contributed by atoms with Crippen molar-refractivity contribution in [3.8, 4) is 0 Å². The van der Waals surface area contributed by atoms with Crippen molar-refractivity contribution < 1.29 is 9.47 Å². The minimum atomic E-state index is 0. The summed E-state index contributed by atoms with van der Waals surface area (Å²) in [5, 5.41) is 3.31. The van der Waals surface area contributed by atoms with E-state index >= 15 is 0 Å². The van der Waals surface area contributed by atoms with Crippen molar-refractivity contribution in [2.24, 2.45) is 0 Å². The first-order valence-corrected chi connectivity index (χ1v) is 3.67. The molecule has 0 unspecified atom stereocenters. The minimum absolute atomic E-state index is 0. The molecule has 3 nitrogen and oxygen atoms in total. The third kappa shape index (κ3) is 3.91. The van der Waals surface area contributed by atoms with Crippen LogP contribution in [0, 0.1) is 0 Å². The van der Waals surface area contributed by atoms with E-state index in [4.69, 9.17) is 9.47 Å². The molecule has 1 aliphatic rings. The third-order valence-electron chi connectivity index (χ3n) is 1.63. The predicted octanol–water partition coefficient (Wildman–Crippen LogP) is 0.432. The van der Waals surface area contributed by atoms with Gasteiger partial charge in [-0.25, -0.2) is 0 Å². The van der Waals surface area contributed by atoms with Gasteiger partial charge >= 0.3 is 0 Å². The van der Waals surface area contributed by atoms with E-state index in [-0.39, 0.29) is 18.5 Å². The van der Waals surface area contributed by atoms with Gasteiger partial charge in [-0.15, -0.1) is 12.4 Å². The Bertz CT molecular complexity index is 94.4. The first kappa shape index (κ1) is 11.2. The molecule has 0 radical (unpaired) electrons. The number of ether oxygens (including phenoxy) is 2. The lowest BCUT2D eigenvalue weighted by Crippen LogP contribution is -2.46. The summed E-state index contributed by atoms with van der Waals surface area (Å²) in [6.07, 6.45) is 0.251. The zero-order valence-electron chi connectivity index (χ0n) is 7.00. The second-order valence-electron chi connectivity index (χ2n) is 2.72. The van der Waals surface area contributed by atoms with Crippen LogP contribution in [0.15, 0.2) is 0 Å². The SMILES string of the molecule is COC[C@H]1CN[C@H](C)CO1.Cl. The average Bonchev–Trinajstić information content (AvgIpc) is 1.95. The normalized spacial score (nSPS) is 31.1. The van der Waals surface area contributed by atoms with Gasteiger partial charge in [0.1, 0.15) is 0 Å². The van der Waals surface area contributed by atoms with E-state index in [1.54, 1.807) is 7.11 Å². The van der Waals surface area contributed by atoms with Crippen LogP contribution in [0.2, 0.25) is 0 Å². The van der Waals surface area contributed by atoms with Crippen LogP contribution in [0.1, 0.15) is 6.92 Å². The van der Waals surface area contributed by atoms with Crippen LogP contribution in [0.4, 0.5) is 0 Å². The van der Waals surface area contributed by atoms with Gasteiger partial charge in [0.2, 0.25) is 0 Å². The minimum Gasteiger partial charge on any atom is -0.382 e. The highest BCUT2D eigenvalue weighted by molar-refractivity contribution is 5.85. The number of rotatable bonds is 2. The molecule has 2 atom stereocenters. The third-order valence-corrected chi connectivity index (χ3v) is 1.63. The van der Waals surface area contributed by atoms with Gasteiger partial charge < -0.3 is 14.8 Å². The van der Waals surface area contributed by atoms with Crippen LogP contribution in [0.5, 0.6) is 0 Å².